The van der Waals surface area contributed by atoms with Gasteiger partial charge in [-0.15, -0.1) is 0 Å². The number of halogens is 2. The van der Waals surface area contributed by atoms with E-state index in [1.807, 2.05) is 4.90 Å². The third-order valence-corrected chi connectivity index (χ3v) is 5.70. The molecular formula is C19H17ClFN7O. The third-order valence-electron chi connectivity index (χ3n) is 5.50. The minimum atomic E-state index is -0.474. The number of piperidine rings is 1. The molecule has 5 rings (SSSR count). The van der Waals surface area contributed by atoms with Crippen LogP contribution in [0.3, 0.4) is 0 Å². The molecule has 1 amide bonds. The molecule has 0 spiro atoms. The average molecular weight is 414 g/mol. The minimum absolute atomic E-state index is 0.0199. The number of fused-ring (bicyclic) bond motifs is 2. The van der Waals surface area contributed by atoms with Crippen molar-refractivity contribution in [3.63, 3.8) is 0 Å². The highest BCUT2D eigenvalue weighted by Gasteiger charge is 2.47. The summed E-state index contributed by atoms with van der Waals surface area (Å²) in [7, 11) is 0. The first kappa shape index (κ1) is 18.0. The van der Waals surface area contributed by atoms with Crippen molar-refractivity contribution in [2.24, 2.45) is 5.92 Å². The highest BCUT2D eigenvalue weighted by atomic mass is 35.5. The van der Waals surface area contributed by atoms with Gasteiger partial charge in [0.1, 0.15) is 5.82 Å². The van der Waals surface area contributed by atoms with E-state index in [-0.39, 0.29) is 23.6 Å². The van der Waals surface area contributed by atoms with Gasteiger partial charge in [-0.1, -0.05) is 11.6 Å². The minimum Gasteiger partial charge on any atom is -0.349 e. The number of anilines is 1. The van der Waals surface area contributed by atoms with Gasteiger partial charge in [0.15, 0.2) is 0 Å². The number of aromatic nitrogens is 5. The summed E-state index contributed by atoms with van der Waals surface area (Å²) in [6.45, 7) is 0.644. The number of nitrogens with one attached hydrogen (secondary N) is 1. The van der Waals surface area contributed by atoms with Crippen LogP contribution in [0.4, 0.5) is 10.3 Å². The molecule has 2 fully saturated rings. The normalized spacial score (nSPS) is 22.8. The standard InChI is InChI=1S/C19H17ClFN7O/c20-12-8-22-19(23-9-12)26-15-5-11-6-17(15)27(10-11)18(29)14-7-13(21)1-2-16(14)28-24-3-4-25-28/h1-4,7-9,11,15,17H,5-6,10H2,(H,22,23,26)/t11-,15-,17+/m1/s1. The molecule has 1 aromatic carbocycles. The van der Waals surface area contributed by atoms with Gasteiger partial charge in [0.2, 0.25) is 5.95 Å². The van der Waals surface area contributed by atoms with Gasteiger partial charge < -0.3 is 10.2 Å². The molecule has 3 atom stereocenters. The van der Waals surface area contributed by atoms with E-state index in [2.05, 4.69) is 25.5 Å². The van der Waals surface area contributed by atoms with E-state index in [1.165, 1.54) is 47.8 Å². The van der Waals surface area contributed by atoms with Crippen molar-refractivity contribution < 1.29 is 9.18 Å². The van der Waals surface area contributed by atoms with Crippen LogP contribution in [-0.4, -0.2) is 54.4 Å². The van der Waals surface area contributed by atoms with E-state index in [0.717, 1.165) is 12.8 Å². The van der Waals surface area contributed by atoms with Crippen molar-refractivity contribution >= 4 is 23.5 Å². The second kappa shape index (κ2) is 7.07. The lowest BCUT2D eigenvalue weighted by molar-refractivity contribution is 0.0691. The second-order valence-electron chi connectivity index (χ2n) is 7.32. The monoisotopic (exact) mass is 413 g/mol. The SMILES string of the molecule is O=C(c1cc(F)ccc1-n1nccn1)N1C[C@@H]2C[C@@H](Nc3ncc(Cl)cn3)[C@@H]1C2. The number of benzene rings is 1. The van der Waals surface area contributed by atoms with Gasteiger partial charge in [0.05, 0.1) is 47.1 Å². The molecule has 0 radical (unpaired) electrons. The zero-order valence-corrected chi connectivity index (χ0v) is 16.0. The van der Waals surface area contributed by atoms with E-state index in [4.69, 9.17) is 11.6 Å². The van der Waals surface area contributed by atoms with E-state index in [1.54, 1.807) is 0 Å². The maximum Gasteiger partial charge on any atom is 0.256 e. The molecule has 0 unspecified atom stereocenters. The van der Waals surface area contributed by atoms with Crippen molar-refractivity contribution in [2.45, 2.75) is 24.9 Å². The highest BCUT2D eigenvalue weighted by molar-refractivity contribution is 6.30. The van der Waals surface area contributed by atoms with Crippen molar-refractivity contribution in [3.8, 4) is 5.69 Å². The van der Waals surface area contributed by atoms with Gasteiger partial charge in [-0.25, -0.2) is 14.4 Å². The molecule has 2 aliphatic rings. The van der Waals surface area contributed by atoms with Crippen LogP contribution < -0.4 is 5.32 Å². The van der Waals surface area contributed by atoms with Crippen LogP contribution >= 0.6 is 11.6 Å². The summed E-state index contributed by atoms with van der Waals surface area (Å²) in [4.78, 5) is 24.9. The summed E-state index contributed by atoms with van der Waals surface area (Å²) >= 11 is 5.85. The Balaban J connectivity index is 1.41. The molecule has 2 bridgehead atoms. The second-order valence-corrected chi connectivity index (χ2v) is 7.75. The Morgan fingerprint density at radius 2 is 1.93 bits per heavy atom. The summed E-state index contributed by atoms with van der Waals surface area (Å²) < 4.78 is 14.0. The Labute approximate surface area is 170 Å². The molecule has 3 aromatic rings. The average Bonchev–Trinajstić information content (AvgIpc) is 3.46. The largest absolute Gasteiger partial charge is 0.349 e. The number of hydrogen-bond acceptors (Lipinski definition) is 6. The van der Waals surface area contributed by atoms with Gasteiger partial charge in [-0.05, 0) is 37.0 Å². The van der Waals surface area contributed by atoms with Gasteiger partial charge in [0.25, 0.3) is 5.91 Å². The Hall–Kier alpha value is -3.07. The summed E-state index contributed by atoms with van der Waals surface area (Å²) in [5.41, 5.74) is 0.699. The van der Waals surface area contributed by atoms with E-state index in [9.17, 15) is 9.18 Å². The quantitative estimate of drug-likeness (QED) is 0.707. The first-order valence-electron chi connectivity index (χ1n) is 9.30. The van der Waals surface area contributed by atoms with E-state index >= 15 is 0 Å². The Morgan fingerprint density at radius 3 is 2.66 bits per heavy atom. The molecule has 1 aliphatic carbocycles. The fourth-order valence-corrected chi connectivity index (χ4v) is 4.41. The van der Waals surface area contributed by atoms with Gasteiger partial charge in [-0.3, -0.25) is 4.79 Å². The lowest BCUT2D eigenvalue weighted by Gasteiger charge is -2.34. The topological polar surface area (TPSA) is 88.8 Å². The first-order chi connectivity index (χ1) is 14.1. The van der Waals surface area contributed by atoms with Gasteiger partial charge in [0, 0.05) is 12.6 Å². The molecule has 29 heavy (non-hydrogen) atoms. The number of rotatable bonds is 4. The number of carbonyl (C=O) groups is 1. The lowest BCUT2D eigenvalue weighted by Crippen LogP contribution is -2.48. The zero-order valence-electron chi connectivity index (χ0n) is 15.2. The molecule has 8 nitrogen and oxygen atoms in total. The van der Waals surface area contributed by atoms with Crippen molar-refractivity contribution in [1.82, 2.24) is 29.9 Å². The number of likely N-dealkylation sites (tertiary alicyclic amines) is 1. The number of nitrogens with zero attached hydrogens (tertiary/aromatic N) is 6. The van der Waals surface area contributed by atoms with Gasteiger partial charge >= 0.3 is 0 Å². The number of hydrogen-bond donors (Lipinski definition) is 1. The fraction of sp³-hybridized carbons (Fsp3) is 0.316. The third kappa shape index (κ3) is 3.31. The molecule has 1 saturated carbocycles. The number of amides is 1. The van der Waals surface area contributed by atoms with Crippen LogP contribution in [0.25, 0.3) is 5.69 Å². The molecular weight excluding hydrogens is 397 g/mol. The number of carbonyl (C=O) groups excluding carboxylic acids is 1. The molecule has 1 N–H and O–H groups in total. The maximum absolute atomic E-state index is 14.0. The van der Waals surface area contributed by atoms with Crippen LogP contribution in [0, 0.1) is 11.7 Å². The van der Waals surface area contributed by atoms with Crippen LogP contribution in [-0.2, 0) is 0 Å². The fourth-order valence-electron chi connectivity index (χ4n) is 4.32. The van der Waals surface area contributed by atoms with Crippen LogP contribution in [0.15, 0.2) is 43.0 Å². The summed E-state index contributed by atoms with van der Waals surface area (Å²) in [5, 5.41) is 11.9. The van der Waals surface area contributed by atoms with Gasteiger partial charge in [-0.2, -0.15) is 15.0 Å². The lowest BCUT2D eigenvalue weighted by atomic mass is 10.0. The van der Waals surface area contributed by atoms with Crippen molar-refractivity contribution in [2.75, 3.05) is 11.9 Å². The summed E-state index contributed by atoms with van der Waals surface area (Å²) in [6.07, 6.45) is 7.91. The van der Waals surface area contributed by atoms with Crippen LogP contribution in [0.5, 0.6) is 0 Å². The molecule has 3 heterocycles. The van der Waals surface area contributed by atoms with Crippen LogP contribution in [0.1, 0.15) is 23.2 Å². The smallest absolute Gasteiger partial charge is 0.256 e. The highest BCUT2D eigenvalue weighted by Crippen LogP contribution is 2.40. The van der Waals surface area contributed by atoms with E-state index < -0.39 is 5.82 Å². The molecule has 2 aromatic heterocycles. The molecule has 148 valence electrons. The predicted octanol–water partition coefficient (Wildman–Crippen LogP) is 2.56. The Kier molecular flexibility index (Phi) is 4.39. The Bertz CT molecular complexity index is 1040. The zero-order chi connectivity index (χ0) is 20.0. The maximum atomic E-state index is 14.0. The van der Waals surface area contributed by atoms with E-state index in [0.29, 0.717) is 29.1 Å². The van der Waals surface area contributed by atoms with Crippen molar-refractivity contribution in [1.29, 1.82) is 0 Å². The first-order valence-corrected chi connectivity index (χ1v) is 9.67. The van der Waals surface area contributed by atoms with Crippen LogP contribution in [0.2, 0.25) is 5.02 Å². The summed E-state index contributed by atoms with van der Waals surface area (Å²) in [5.74, 6) is 0.158. The molecule has 1 aliphatic heterocycles. The molecule has 10 heteroatoms. The van der Waals surface area contributed by atoms with Crippen molar-refractivity contribution in [3.05, 3.63) is 59.4 Å². The molecule has 1 saturated heterocycles. The Morgan fingerprint density at radius 1 is 1.17 bits per heavy atom. The predicted molar refractivity (Wildman–Crippen MR) is 103 cm³/mol. The summed E-state index contributed by atoms with van der Waals surface area (Å²) in [6, 6.07) is 4.08.